The van der Waals surface area contributed by atoms with Crippen LogP contribution < -0.4 is 5.32 Å². The summed E-state index contributed by atoms with van der Waals surface area (Å²) < 4.78 is 19.2. The number of nitrogens with zero attached hydrogens (tertiary/aromatic N) is 2. The minimum absolute atomic E-state index is 0.116. The molecule has 1 fully saturated rings. The molecule has 14 heteroatoms. The number of aryl methyl sites for hydroxylation is 1. The molecule has 2 unspecified atom stereocenters. The smallest absolute Gasteiger partial charge is 0.333 e. The number of carbonyl (C=O) groups is 4. The molecule has 5 rings (SSSR count). The van der Waals surface area contributed by atoms with Gasteiger partial charge in [0.2, 0.25) is 0 Å². The van der Waals surface area contributed by atoms with Gasteiger partial charge in [-0.2, -0.15) is 0 Å². The normalized spacial score (nSPS) is 19.1. The lowest BCUT2D eigenvalue weighted by Crippen LogP contribution is -2.46. The van der Waals surface area contributed by atoms with E-state index < -0.39 is 36.4 Å². The Balaban J connectivity index is 0.000000410. The first kappa shape index (κ1) is 31.8. The highest BCUT2D eigenvalue weighted by atomic mass is 19.1. The number of hydrogen-bond acceptors (Lipinski definition) is 8. The van der Waals surface area contributed by atoms with Crippen molar-refractivity contribution in [2.75, 3.05) is 51.3 Å². The van der Waals surface area contributed by atoms with Crippen molar-refractivity contribution in [3.8, 4) is 0 Å². The summed E-state index contributed by atoms with van der Waals surface area (Å²) in [7, 11) is 0. The van der Waals surface area contributed by atoms with Crippen LogP contribution in [0.2, 0.25) is 0 Å². The van der Waals surface area contributed by atoms with Crippen molar-refractivity contribution in [3.63, 3.8) is 0 Å². The zero-order chi connectivity index (χ0) is 31.3. The number of benzene rings is 1. The summed E-state index contributed by atoms with van der Waals surface area (Å²) >= 11 is 0. The summed E-state index contributed by atoms with van der Waals surface area (Å²) in [5.74, 6) is -3.68. The molecule has 3 aliphatic heterocycles. The molecule has 0 radical (unpaired) electrons. The third-order valence-corrected chi connectivity index (χ3v) is 7.43. The first-order valence-corrected chi connectivity index (χ1v) is 13.9. The summed E-state index contributed by atoms with van der Waals surface area (Å²) in [6.45, 7) is 6.10. The SMILES string of the molecule is Cc1c(C=C2C(=O)Nc3ccc(F)cc32)[nH]c2c1C(=O)N(CC(O)CN1CCOCC1)CCC2.O=C(O)CC(O)C(=O)O. The van der Waals surface area contributed by atoms with Crippen molar-refractivity contribution in [3.05, 3.63) is 52.1 Å². The second-order valence-corrected chi connectivity index (χ2v) is 10.6. The number of fused-ring (bicyclic) bond motifs is 2. The first-order chi connectivity index (χ1) is 20.4. The Hall–Kier alpha value is -4.11. The van der Waals surface area contributed by atoms with Gasteiger partial charge in [-0.15, -0.1) is 0 Å². The van der Waals surface area contributed by atoms with E-state index in [2.05, 4.69) is 15.2 Å². The highest BCUT2D eigenvalue weighted by molar-refractivity contribution is 6.34. The highest BCUT2D eigenvalue weighted by Gasteiger charge is 2.30. The fraction of sp³-hybridized carbons (Fsp3) is 0.448. The van der Waals surface area contributed by atoms with Crippen LogP contribution in [-0.4, -0.2) is 117 Å². The van der Waals surface area contributed by atoms with E-state index in [0.717, 1.165) is 30.8 Å². The number of aliphatic hydroxyl groups excluding tert-OH is 2. The molecule has 4 heterocycles. The molecule has 2 aromatic rings. The molecule has 1 saturated heterocycles. The molecule has 6 N–H and O–H groups in total. The molecule has 0 spiro atoms. The lowest BCUT2D eigenvalue weighted by molar-refractivity contribution is -0.152. The molecule has 0 bridgehead atoms. The number of amides is 2. The number of rotatable bonds is 8. The van der Waals surface area contributed by atoms with Gasteiger partial charge in [0.1, 0.15) is 5.82 Å². The number of anilines is 1. The van der Waals surface area contributed by atoms with Gasteiger partial charge in [0.25, 0.3) is 11.8 Å². The predicted octanol–water partition coefficient (Wildman–Crippen LogP) is 0.943. The van der Waals surface area contributed by atoms with Crippen LogP contribution in [0.3, 0.4) is 0 Å². The van der Waals surface area contributed by atoms with E-state index >= 15 is 0 Å². The fourth-order valence-corrected chi connectivity index (χ4v) is 5.28. The summed E-state index contributed by atoms with van der Waals surface area (Å²) in [6.07, 6.45) is -0.0304. The number of β-amino-alcohol motifs (C(OH)–C–C–N with tert-alkyl or cyclic N) is 1. The highest BCUT2D eigenvalue weighted by Crippen LogP contribution is 2.35. The number of morpholine rings is 1. The van der Waals surface area contributed by atoms with Crippen LogP contribution in [0.25, 0.3) is 11.6 Å². The van der Waals surface area contributed by atoms with Gasteiger partial charge < -0.3 is 40.4 Å². The van der Waals surface area contributed by atoms with Crippen LogP contribution in [0.1, 0.15) is 45.7 Å². The number of aromatic nitrogens is 1. The molecular formula is C29H35FN4O9. The number of halogens is 1. The molecule has 0 aliphatic carbocycles. The van der Waals surface area contributed by atoms with Crippen molar-refractivity contribution in [2.45, 2.75) is 38.4 Å². The van der Waals surface area contributed by atoms with Crippen molar-refractivity contribution >= 4 is 41.1 Å². The maximum Gasteiger partial charge on any atom is 0.333 e. The molecule has 3 aliphatic rings. The molecule has 0 saturated carbocycles. The number of carboxylic acids is 2. The maximum atomic E-state index is 13.8. The zero-order valence-electron chi connectivity index (χ0n) is 23.6. The Labute approximate surface area is 246 Å². The van der Waals surface area contributed by atoms with Gasteiger partial charge in [-0.3, -0.25) is 19.3 Å². The van der Waals surface area contributed by atoms with Crippen LogP contribution in [0.15, 0.2) is 18.2 Å². The van der Waals surface area contributed by atoms with Crippen molar-refractivity contribution in [1.82, 2.24) is 14.8 Å². The summed E-state index contributed by atoms with van der Waals surface area (Å²) in [4.78, 5) is 52.6. The Morgan fingerprint density at radius 3 is 2.49 bits per heavy atom. The number of aliphatic carboxylic acids is 2. The second-order valence-electron chi connectivity index (χ2n) is 10.6. The van der Waals surface area contributed by atoms with Gasteiger partial charge in [-0.1, -0.05) is 0 Å². The number of aliphatic hydroxyl groups is 2. The molecule has 2 atom stereocenters. The minimum atomic E-state index is -1.79. The molecule has 1 aromatic heterocycles. The van der Waals surface area contributed by atoms with Crippen LogP contribution >= 0.6 is 0 Å². The van der Waals surface area contributed by atoms with Crippen LogP contribution in [-0.2, 0) is 25.5 Å². The zero-order valence-corrected chi connectivity index (χ0v) is 23.6. The largest absolute Gasteiger partial charge is 0.481 e. The molecular weight excluding hydrogens is 567 g/mol. The third-order valence-electron chi connectivity index (χ3n) is 7.43. The quantitative estimate of drug-likeness (QED) is 0.237. The number of nitrogens with one attached hydrogen (secondary N) is 2. The standard InChI is InChI=1S/C25H29FN4O4.C4H6O5/c1-15-22(12-19-18-11-16(26)4-5-20(18)28-24(19)32)27-21-3-2-6-30(25(33)23(15)21)14-17(31)13-29-7-9-34-10-8-29;5-2(4(8)9)1-3(6)7/h4-5,11-12,17,27,31H,2-3,6-10,13-14H2,1H3,(H,28,32);2,5H,1H2,(H,6,7)(H,8,9). The summed E-state index contributed by atoms with van der Waals surface area (Å²) in [5.41, 5.74) is 4.28. The van der Waals surface area contributed by atoms with Gasteiger partial charge in [0.05, 0.1) is 36.9 Å². The lowest BCUT2D eigenvalue weighted by atomic mass is 10.0. The van der Waals surface area contributed by atoms with Gasteiger partial charge in [0, 0.05) is 55.4 Å². The van der Waals surface area contributed by atoms with E-state index in [1.807, 2.05) is 6.92 Å². The molecule has 1 aromatic carbocycles. The maximum absolute atomic E-state index is 13.8. The first-order valence-electron chi connectivity index (χ1n) is 13.9. The van der Waals surface area contributed by atoms with E-state index in [0.29, 0.717) is 60.8 Å². The van der Waals surface area contributed by atoms with Crippen LogP contribution in [0.5, 0.6) is 0 Å². The van der Waals surface area contributed by atoms with Gasteiger partial charge in [0.15, 0.2) is 6.10 Å². The topological polar surface area (TPSA) is 193 Å². The number of aromatic amines is 1. The van der Waals surface area contributed by atoms with Gasteiger partial charge in [-0.25, -0.2) is 9.18 Å². The molecule has 2 amide bonds. The number of hydrogen-bond donors (Lipinski definition) is 6. The Kier molecular flexibility index (Phi) is 10.3. The average Bonchev–Trinajstić information content (AvgIpc) is 3.37. The monoisotopic (exact) mass is 602 g/mol. The van der Waals surface area contributed by atoms with Gasteiger partial charge in [-0.05, 0) is 49.6 Å². The van der Waals surface area contributed by atoms with Gasteiger partial charge >= 0.3 is 11.9 Å². The van der Waals surface area contributed by atoms with E-state index in [-0.39, 0.29) is 18.4 Å². The van der Waals surface area contributed by atoms with Crippen LogP contribution in [0, 0.1) is 12.7 Å². The second kappa shape index (κ2) is 13.9. The van der Waals surface area contributed by atoms with E-state index in [1.165, 1.54) is 12.1 Å². The van der Waals surface area contributed by atoms with E-state index in [4.69, 9.17) is 20.1 Å². The third kappa shape index (κ3) is 7.84. The summed E-state index contributed by atoms with van der Waals surface area (Å²) in [6, 6.07) is 4.19. The minimum Gasteiger partial charge on any atom is -0.481 e. The fourth-order valence-electron chi connectivity index (χ4n) is 5.28. The van der Waals surface area contributed by atoms with Crippen LogP contribution in [0.4, 0.5) is 10.1 Å². The van der Waals surface area contributed by atoms with E-state index in [1.54, 1.807) is 17.0 Å². The van der Waals surface area contributed by atoms with Crippen molar-refractivity contribution in [1.29, 1.82) is 0 Å². The lowest BCUT2D eigenvalue weighted by Gasteiger charge is -2.31. The number of carbonyl (C=O) groups excluding carboxylic acids is 2. The molecule has 232 valence electrons. The van der Waals surface area contributed by atoms with Crippen molar-refractivity contribution in [2.24, 2.45) is 0 Å². The Morgan fingerprint density at radius 1 is 1.12 bits per heavy atom. The molecule has 13 nitrogen and oxygen atoms in total. The number of carboxylic acid groups (broad SMARTS) is 2. The Bertz CT molecular complexity index is 1420. The average molecular weight is 603 g/mol. The van der Waals surface area contributed by atoms with E-state index in [9.17, 15) is 28.7 Å². The predicted molar refractivity (Wildman–Crippen MR) is 152 cm³/mol. The number of H-pyrrole nitrogens is 1. The summed E-state index contributed by atoms with van der Waals surface area (Å²) in [5, 5.41) is 37.5. The van der Waals surface area contributed by atoms with Crippen molar-refractivity contribution < 1.29 is 48.7 Å². The Morgan fingerprint density at radius 2 is 1.84 bits per heavy atom. The number of ether oxygens (including phenoxy) is 1. The molecule has 43 heavy (non-hydrogen) atoms.